The molecule has 2 nitrogen and oxygen atoms in total. The largest absolute Gasteiger partial charge is 0.481 e. The SMILES string of the molecule is Cc1ccc(CC(=O)O)c(-c2ccccc2Cl)c1. The van der Waals surface area contributed by atoms with Crippen molar-refractivity contribution in [3.05, 3.63) is 58.6 Å². The van der Waals surface area contributed by atoms with Gasteiger partial charge in [0, 0.05) is 10.6 Å². The number of hydrogen-bond donors (Lipinski definition) is 1. The second-order valence-corrected chi connectivity index (χ2v) is 4.62. The normalized spacial score (nSPS) is 10.3. The number of hydrogen-bond acceptors (Lipinski definition) is 1. The molecule has 2 aromatic rings. The summed E-state index contributed by atoms with van der Waals surface area (Å²) in [6.07, 6.45) is 0.000830. The number of rotatable bonds is 3. The van der Waals surface area contributed by atoms with Crippen LogP contribution in [-0.2, 0) is 11.2 Å². The number of aliphatic carboxylic acids is 1. The van der Waals surface area contributed by atoms with Crippen molar-refractivity contribution < 1.29 is 9.90 Å². The number of carboxylic acid groups (broad SMARTS) is 1. The van der Waals surface area contributed by atoms with Gasteiger partial charge in [0.1, 0.15) is 0 Å². The second kappa shape index (κ2) is 5.23. The molecule has 0 fully saturated rings. The number of carboxylic acids is 1. The Morgan fingerprint density at radius 1 is 1.17 bits per heavy atom. The zero-order chi connectivity index (χ0) is 13.1. The molecule has 0 spiro atoms. The van der Waals surface area contributed by atoms with Crippen molar-refractivity contribution >= 4 is 17.6 Å². The Morgan fingerprint density at radius 3 is 2.56 bits per heavy atom. The lowest BCUT2D eigenvalue weighted by Gasteiger charge is -2.11. The molecule has 2 aromatic carbocycles. The van der Waals surface area contributed by atoms with Crippen LogP contribution in [0.5, 0.6) is 0 Å². The third-order valence-corrected chi connectivity index (χ3v) is 3.10. The number of aryl methyl sites for hydroxylation is 1. The molecule has 0 heterocycles. The van der Waals surface area contributed by atoms with E-state index < -0.39 is 5.97 Å². The van der Waals surface area contributed by atoms with Crippen LogP contribution in [0.25, 0.3) is 11.1 Å². The number of carbonyl (C=O) groups is 1. The minimum atomic E-state index is -0.841. The molecular formula is C15H13ClO2. The summed E-state index contributed by atoms with van der Waals surface area (Å²) in [6, 6.07) is 13.2. The Kier molecular flexibility index (Phi) is 3.68. The summed E-state index contributed by atoms with van der Waals surface area (Å²) in [5.41, 5.74) is 3.63. The number of benzene rings is 2. The van der Waals surface area contributed by atoms with Crippen molar-refractivity contribution in [3.63, 3.8) is 0 Å². The molecular weight excluding hydrogens is 248 g/mol. The lowest BCUT2D eigenvalue weighted by molar-refractivity contribution is -0.136. The first kappa shape index (κ1) is 12.7. The Morgan fingerprint density at radius 2 is 1.89 bits per heavy atom. The van der Waals surface area contributed by atoms with Gasteiger partial charge in [-0.15, -0.1) is 0 Å². The van der Waals surface area contributed by atoms with Gasteiger partial charge in [0.05, 0.1) is 6.42 Å². The van der Waals surface area contributed by atoms with E-state index in [1.165, 1.54) is 0 Å². The molecule has 1 N–H and O–H groups in total. The summed E-state index contributed by atoms with van der Waals surface area (Å²) in [5.74, 6) is -0.841. The van der Waals surface area contributed by atoms with E-state index in [-0.39, 0.29) is 6.42 Å². The molecule has 0 bridgehead atoms. The van der Waals surface area contributed by atoms with Gasteiger partial charge in [0.15, 0.2) is 0 Å². The fourth-order valence-electron chi connectivity index (χ4n) is 1.94. The monoisotopic (exact) mass is 260 g/mol. The van der Waals surface area contributed by atoms with Gasteiger partial charge < -0.3 is 5.11 Å². The van der Waals surface area contributed by atoms with Gasteiger partial charge >= 0.3 is 5.97 Å². The van der Waals surface area contributed by atoms with Crippen molar-refractivity contribution in [2.45, 2.75) is 13.3 Å². The molecule has 0 aliphatic heterocycles. The van der Waals surface area contributed by atoms with Crippen LogP contribution in [0.1, 0.15) is 11.1 Å². The van der Waals surface area contributed by atoms with Crippen molar-refractivity contribution in [1.82, 2.24) is 0 Å². The van der Waals surface area contributed by atoms with Gasteiger partial charge in [-0.05, 0) is 24.1 Å². The Bertz CT molecular complexity index is 591. The third kappa shape index (κ3) is 2.71. The molecule has 0 unspecified atom stereocenters. The fraction of sp³-hybridized carbons (Fsp3) is 0.133. The highest BCUT2D eigenvalue weighted by Crippen LogP contribution is 2.31. The van der Waals surface area contributed by atoms with Crippen LogP contribution < -0.4 is 0 Å². The van der Waals surface area contributed by atoms with Gasteiger partial charge in [0.25, 0.3) is 0 Å². The van der Waals surface area contributed by atoms with Crippen LogP contribution in [0, 0.1) is 6.92 Å². The zero-order valence-electron chi connectivity index (χ0n) is 9.98. The molecule has 0 saturated carbocycles. The van der Waals surface area contributed by atoms with Gasteiger partial charge in [-0.2, -0.15) is 0 Å². The summed E-state index contributed by atoms with van der Waals surface area (Å²) < 4.78 is 0. The average Bonchev–Trinajstić information content (AvgIpc) is 2.32. The van der Waals surface area contributed by atoms with Crippen molar-refractivity contribution in [3.8, 4) is 11.1 Å². The van der Waals surface area contributed by atoms with E-state index in [0.29, 0.717) is 5.02 Å². The van der Waals surface area contributed by atoms with E-state index in [0.717, 1.165) is 22.3 Å². The molecule has 92 valence electrons. The molecule has 2 rings (SSSR count). The van der Waals surface area contributed by atoms with E-state index in [4.69, 9.17) is 16.7 Å². The maximum Gasteiger partial charge on any atom is 0.307 e. The van der Waals surface area contributed by atoms with E-state index in [2.05, 4.69) is 0 Å². The van der Waals surface area contributed by atoms with Crippen LogP contribution in [0.2, 0.25) is 5.02 Å². The molecule has 3 heteroatoms. The number of halogens is 1. The fourth-order valence-corrected chi connectivity index (χ4v) is 2.18. The minimum absolute atomic E-state index is 0.000830. The van der Waals surface area contributed by atoms with Crippen molar-refractivity contribution in [1.29, 1.82) is 0 Å². The molecule has 0 amide bonds. The lowest BCUT2D eigenvalue weighted by Crippen LogP contribution is -2.02. The first-order valence-corrected chi connectivity index (χ1v) is 6.02. The second-order valence-electron chi connectivity index (χ2n) is 4.21. The highest BCUT2D eigenvalue weighted by Gasteiger charge is 2.11. The molecule has 0 radical (unpaired) electrons. The third-order valence-electron chi connectivity index (χ3n) is 2.77. The summed E-state index contributed by atoms with van der Waals surface area (Å²) in [6.45, 7) is 1.98. The Balaban J connectivity index is 2.58. The Labute approximate surface area is 111 Å². The minimum Gasteiger partial charge on any atom is -0.481 e. The summed E-state index contributed by atoms with van der Waals surface area (Å²) >= 11 is 6.17. The average molecular weight is 261 g/mol. The summed E-state index contributed by atoms with van der Waals surface area (Å²) in [5, 5.41) is 9.58. The topological polar surface area (TPSA) is 37.3 Å². The first-order chi connectivity index (χ1) is 8.58. The maximum absolute atomic E-state index is 10.9. The van der Waals surface area contributed by atoms with Crippen LogP contribution >= 0.6 is 11.6 Å². The zero-order valence-corrected chi connectivity index (χ0v) is 10.7. The van der Waals surface area contributed by atoms with Crippen molar-refractivity contribution in [2.75, 3.05) is 0 Å². The van der Waals surface area contributed by atoms with Crippen molar-refractivity contribution in [2.24, 2.45) is 0 Å². The van der Waals surface area contributed by atoms with E-state index in [9.17, 15) is 4.79 Å². The lowest BCUT2D eigenvalue weighted by atomic mass is 9.96. The van der Waals surface area contributed by atoms with Crippen LogP contribution in [0.15, 0.2) is 42.5 Å². The summed E-state index contributed by atoms with van der Waals surface area (Å²) in [7, 11) is 0. The quantitative estimate of drug-likeness (QED) is 0.908. The molecule has 0 atom stereocenters. The highest BCUT2D eigenvalue weighted by molar-refractivity contribution is 6.33. The molecule has 0 aliphatic rings. The highest BCUT2D eigenvalue weighted by atomic mass is 35.5. The maximum atomic E-state index is 10.9. The van der Waals surface area contributed by atoms with Gasteiger partial charge in [-0.3, -0.25) is 4.79 Å². The first-order valence-electron chi connectivity index (χ1n) is 5.64. The van der Waals surface area contributed by atoms with Crippen LogP contribution in [0.4, 0.5) is 0 Å². The smallest absolute Gasteiger partial charge is 0.307 e. The van der Waals surface area contributed by atoms with Crippen LogP contribution in [-0.4, -0.2) is 11.1 Å². The van der Waals surface area contributed by atoms with E-state index in [1.54, 1.807) is 0 Å². The predicted octanol–water partition coefficient (Wildman–Crippen LogP) is 3.94. The predicted molar refractivity (Wildman–Crippen MR) is 73.0 cm³/mol. The van der Waals surface area contributed by atoms with E-state index >= 15 is 0 Å². The van der Waals surface area contributed by atoms with Gasteiger partial charge in [-0.1, -0.05) is 53.6 Å². The standard InChI is InChI=1S/C15H13ClO2/c1-10-6-7-11(9-15(17)18)13(8-10)12-4-2-3-5-14(12)16/h2-8H,9H2,1H3,(H,17,18). The van der Waals surface area contributed by atoms with E-state index in [1.807, 2.05) is 49.4 Å². The molecule has 0 saturated heterocycles. The van der Waals surface area contributed by atoms with Crippen LogP contribution in [0.3, 0.4) is 0 Å². The molecule has 0 aromatic heterocycles. The Hall–Kier alpha value is -1.80. The molecule has 0 aliphatic carbocycles. The summed E-state index contributed by atoms with van der Waals surface area (Å²) in [4.78, 5) is 10.9. The van der Waals surface area contributed by atoms with Gasteiger partial charge in [0.2, 0.25) is 0 Å². The van der Waals surface area contributed by atoms with Gasteiger partial charge in [-0.25, -0.2) is 0 Å². The molecule has 18 heavy (non-hydrogen) atoms.